The van der Waals surface area contributed by atoms with Gasteiger partial charge in [0.25, 0.3) is 0 Å². The van der Waals surface area contributed by atoms with Gasteiger partial charge in [-0.15, -0.1) is 11.3 Å². The molecule has 4 N–H and O–H groups in total. The lowest BCUT2D eigenvalue weighted by molar-refractivity contribution is -0.117. The molecule has 0 aliphatic carbocycles. The SMILES string of the molecule is C=C(C)C(=O)NCCOC(=O)NCc1ccc(Cn2c(-c3cncs3)nc3c(N)nc4ccccc4c32)cc1. The topological polar surface area (TPSA) is 137 Å². The number of hydrogen-bond donors (Lipinski definition) is 3. The van der Waals surface area contributed by atoms with E-state index < -0.39 is 6.09 Å². The molecule has 10 nitrogen and oxygen atoms in total. The fraction of sp³-hybridized carbons (Fsp3) is 0.179. The Morgan fingerprint density at radius 1 is 1.08 bits per heavy atom. The molecular formula is C28H27N7O3S. The van der Waals surface area contributed by atoms with Gasteiger partial charge in [-0.05, 0) is 24.1 Å². The van der Waals surface area contributed by atoms with Gasteiger partial charge < -0.3 is 25.7 Å². The lowest BCUT2D eigenvalue weighted by Gasteiger charge is -2.11. The number of aromatic nitrogens is 4. The van der Waals surface area contributed by atoms with Gasteiger partial charge in [0, 0.05) is 30.2 Å². The molecule has 5 rings (SSSR count). The fourth-order valence-electron chi connectivity index (χ4n) is 4.16. The van der Waals surface area contributed by atoms with Crippen molar-refractivity contribution in [2.45, 2.75) is 20.0 Å². The zero-order chi connectivity index (χ0) is 27.4. The fourth-order valence-corrected chi connectivity index (χ4v) is 4.77. The van der Waals surface area contributed by atoms with Crippen LogP contribution in [0.4, 0.5) is 10.6 Å². The van der Waals surface area contributed by atoms with E-state index in [1.165, 1.54) is 11.3 Å². The van der Waals surface area contributed by atoms with Crippen molar-refractivity contribution in [1.82, 2.24) is 30.2 Å². The van der Waals surface area contributed by atoms with Crippen LogP contribution in [0.3, 0.4) is 0 Å². The largest absolute Gasteiger partial charge is 0.448 e. The smallest absolute Gasteiger partial charge is 0.407 e. The number of carbonyl (C=O) groups excluding carboxylic acids is 2. The van der Waals surface area contributed by atoms with Gasteiger partial charge in [0.2, 0.25) is 5.91 Å². The van der Waals surface area contributed by atoms with Crippen molar-refractivity contribution in [3.8, 4) is 10.7 Å². The molecule has 2 aromatic carbocycles. The molecule has 0 radical (unpaired) electrons. The van der Waals surface area contributed by atoms with E-state index in [0.717, 1.165) is 38.2 Å². The molecule has 11 heteroatoms. The number of carbonyl (C=O) groups is 2. The second-order valence-electron chi connectivity index (χ2n) is 8.94. The van der Waals surface area contributed by atoms with Crippen LogP contribution in [0.5, 0.6) is 0 Å². The van der Waals surface area contributed by atoms with E-state index in [4.69, 9.17) is 15.5 Å². The molecule has 3 aromatic heterocycles. The van der Waals surface area contributed by atoms with Gasteiger partial charge in [-0.3, -0.25) is 9.78 Å². The van der Waals surface area contributed by atoms with Crippen LogP contribution in [0, 0.1) is 0 Å². The zero-order valence-electron chi connectivity index (χ0n) is 21.3. The third kappa shape index (κ3) is 5.73. The number of amides is 2. The summed E-state index contributed by atoms with van der Waals surface area (Å²) in [6.45, 7) is 6.33. The highest BCUT2D eigenvalue weighted by Crippen LogP contribution is 2.34. The minimum Gasteiger partial charge on any atom is -0.448 e. The number of ether oxygens (including phenoxy) is 1. The molecule has 5 aromatic rings. The van der Waals surface area contributed by atoms with Crippen molar-refractivity contribution in [2.75, 3.05) is 18.9 Å². The number of nitrogens with zero attached hydrogens (tertiary/aromatic N) is 4. The number of nitrogen functional groups attached to an aromatic ring is 1. The monoisotopic (exact) mass is 541 g/mol. The number of alkyl carbamates (subject to hydrolysis) is 1. The molecule has 0 unspecified atom stereocenters. The Morgan fingerprint density at radius 2 is 1.85 bits per heavy atom. The third-order valence-electron chi connectivity index (χ3n) is 6.07. The van der Waals surface area contributed by atoms with Crippen LogP contribution < -0.4 is 16.4 Å². The number of imidazole rings is 1. The number of rotatable bonds is 9. The van der Waals surface area contributed by atoms with Crippen molar-refractivity contribution < 1.29 is 14.3 Å². The van der Waals surface area contributed by atoms with Crippen molar-refractivity contribution in [1.29, 1.82) is 0 Å². The van der Waals surface area contributed by atoms with Crippen LogP contribution in [0.2, 0.25) is 0 Å². The number of benzene rings is 2. The molecule has 2 amide bonds. The molecule has 39 heavy (non-hydrogen) atoms. The Morgan fingerprint density at radius 3 is 2.59 bits per heavy atom. The molecule has 0 bridgehead atoms. The average Bonchev–Trinajstić information content (AvgIpc) is 3.59. The van der Waals surface area contributed by atoms with Gasteiger partial charge >= 0.3 is 6.09 Å². The van der Waals surface area contributed by atoms with Crippen LogP contribution in [0.25, 0.3) is 32.6 Å². The second kappa shape index (κ2) is 11.3. The van der Waals surface area contributed by atoms with E-state index in [1.54, 1.807) is 18.6 Å². The van der Waals surface area contributed by atoms with E-state index in [0.29, 0.717) is 30.0 Å². The lowest BCUT2D eigenvalue weighted by Crippen LogP contribution is -2.31. The molecule has 0 aliphatic rings. The summed E-state index contributed by atoms with van der Waals surface area (Å²) in [5.74, 6) is 0.903. The van der Waals surface area contributed by atoms with E-state index >= 15 is 0 Å². The molecule has 0 aliphatic heterocycles. The van der Waals surface area contributed by atoms with E-state index in [2.05, 4.69) is 31.7 Å². The summed E-state index contributed by atoms with van der Waals surface area (Å²) in [5, 5.41) is 6.30. The third-order valence-corrected chi connectivity index (χ3v) is 6.84. The summed E-state index contributed by atoms with van der Waals surface area (Å²) >= 11 is 1.52. The van der Waals surface area contributed by atoms with Crippen LogP contribution in [0.1, 0.15) is 18.1 Å². The van der Waals surface area contributed by atoms with Crippen LogP contribution in [0.15, 0.2) is 72.4 Å². The molecular weight excluding hydrogens is 514 g/mol. The van der Waals surface area contributed by atoms with Crippen LogP contribution >= 0.6 is 11.3 Å². The van der Waals surface area contributed by atoms with Gasteiger partial charge in [0.15, 0.2) is 11.6 Å². The quantitative estimate of drug-likeness (QED) is 0.187. The molecule has 0 saturated carbocycles. The van der Waals surface area contributed by atoms with Gasteiger partial charge in [-0.25, -0.2) is 14.8 Å². The highest BCUT2D eigenvalue weighted by atomic mass is 32.1. The number of pyridine rings is 1. The first kappa shape index (κ1) is 25.9. The predicted octanol–water partition coefficient (Wildman–Crippen LogP) is 4.26. The summed E-state index contributed by atoms with van der Waals surface area (Å²) in [7, 11) is 0. The standard InChI is InChI=1S/C28H27N7O3S/c1-17(2)27(36)31-11-12-38-28(37)32-13-18-7-9-19(10-8-18)15-35-24-20-5-3-4-6-21(20)33-25(29)23(24)34-26(35)22-14-30-16-39-22/h3-10,14,16H,1,11-13,15H2,2H3,(H2,29,33)(H,31,36)(H,32,37). The normalized spacial score (nSPS) is 11.0. The molecule has 0 fully saturated rings. The summed E-state index contributed by atoms with van der Waals surface area (Å²) in [5.41, 5.74) is 12.9. The number of hydrogen-bond acceptors (Lipinski definition) is 8. The van der Waals surface area contributed by atoms with Crippen LogP contribution in [-0.4, -0.2) is 44.7 Å². The maximum absolute atomic E-state index is 12.0. The minimum atomic E-state index is -0.555. The number of para-hydroxylation sites is 1. The molecule has 3 heterocycles. The number of nitrogens with two attached hydrogens (primary N) is 1. The Labute approximate surface area is 228 Å². The summed E-state index contributed by atoms with van der Waals surface area (Å²) < 4.78 is 7.25. The first-order chi connectivity index (χ1) is 18.9. The van der Waals surface area contributed by atoms with E-state index in [9.17, 15) is 9.59 Å². The van der Waals surface area contributed by atoms with Crippen molar-refractivity contribution in [2.24, 2.45) is 0 Å². The van der Waals surface area contributed by atoms with E-state index in [1.807, 2.05) is 48.5 Å². The Kier molecular flexibility index (Phi) is 7.50. The number of nitrogens with one attached hydrogen (secondary N) is 2. The minimum absolute atomic E-state index is 0.0689. The number of thiazole rings is 1. The highest BCUT2D eigenvalue weighted by Gasteiger charge is 2.19. The first-order valence-electron chi connectivity index (χ1n) is 12.3. The highest BCUT2D eigenvalue weighted by molar-refractivity contribution is 7.13. The second-order valence-corrected chi connectivity index (χ2v) is 9.83. The molecule has 0 atom stereocenters. The van der Waals surface area contributed by atoms with Crippen molar-refractivity contribution in [3.05, 3.63) is 83.5 Å². The van der Waals surface area contributed by atoms with E-state index in [-0.39, 0.29) is 19.1 Å². The average molecular weight is 542 g/mol. The number of anilines is 1. The van der Waals surface area contributed by atoms with Crippen LogP contribution in [-0.2, 0) is 22.6 Å². The van der Waals surface area contributed by atoms with Crippen molar-refractivity contribution >= 4 is 51.1 Å². The Bertz CT molecular complexity index is 1660. The summed E-state index contributed by atoms with van der Waals surface area (Å²) in [6.07, 6.45) is 1.25. The Balaban J connectivity index is 1.31. The predicted molar refractivity (Wildman–Crippen MR) is 152 cm³/mol. The zero-order valence-corrected chi connectivity index (χ0v) is 22.1. The van der Waals surface area contributed by atoms with Gasteiger partial charge in [0.1, 0.15) is 12.1 Å². The van der Waals surface area contributed by atoms with Gasteiger partial charge in [-0.1, -0.05) is 49.0 Å². The summed E-state index contributed by atoms with van der Waals surface area (Å²) in [4.78, 5) is 38.1. The van der Waals surface area contributed by atoms with Crippen molar-refractivity contribution in [3.63, 3.8) is 0 Å². The number of fused-ring (bicyclic) bond motifs is 3. The molecule has 0 spiro atoms. The maximum Gasteiger partial charge on any atom is 0.407 e. The Hall–Kier alpha value is -4.77. The summed E-state index contributed by atoms with van der Waals surface area (Å²) in [6, 6.07) is 15.9. The molecule has 0 saturated heterocycles. The van der Waals surface area contributed by atoms with Gasteiger partial charge in [0.05, 0.1) is 28.0 Å². The van der Waals surface area contributed by atoms with Gasteiger partial charge in [-0.2, -0.15) is 0 Å². The first-order valence-corrected chi connectivity index (χ1v) is 13.1. The maximum atomic E-state index is 12.0. The molecule has 198 valence electrons. The lowest BCUT2D eigenvalue weighted by atomic mass is 10.1.